The molecule has 0 heterocycles. The molecule has 4 heteroatoms. The minimum Gasteiger partial charge on any atom is -0.244 e. The molecule has 1 fully saturated rings. The van der Waals surface area contributed by atoms with Crippen molar-refractivity contribution >= 4 is 0 Å². The Bertz CT molecular complexity index is 228. The molecule has 0 bridgehead atoms. The van der Waals surface area contributed by atoms with E-state index in [0.29, 0.717) is 0 Å². The smallest absolute Gasteiger partial charge is 0.244 e. The summed E-state index contributed by atoms with van der Waals surface area (Å²) in [5.41, 5.74) is 0. The Morgan fingerprint density at radius 1 is 0.889 bits per heavy atom. The molecule has 3 nitrogen and oxygen atoms in total. The summed E-state index contributed by atoms with van der Waals surface area (Å²) in [5.74, 6) is 5.40. The Balaban J connectivity index is -0.0000000428. The summed E-state index contributed by atoms with van der Waals surface area (Å²) in [5, 5.41) is 0. The Labute approximate surface area is 125 Å². The van der Waals surface area contributed by atoms with Gasteiger partial charge in [0.15, 0.2) is 0 Å². The average Bonchev–Trinajstić information content (AvgIpc) is 3.02. The van der Waals surface area contributed by atoms with Crippen molar-refractivity contribution in [1.29, 1.82) is 0 Å². The van der Waals surface area contributed by atoms with Gasteiger partial charge in [0.2, 0.25) is 0 Å². The molecule has 18 heavy (non-hydrogen) atoms. The molecule has 0 amide bonds. The third kappa shape index (κ3) is 59.6. The van der Waals surface area contributed by atoms with E-state index >= 15 is 0 Å². The maximum absolute atomic E-state index is 7.50. The summed E-state index contributed by atoms with van der Waals surface area (Å²) in [6.45, 7) is 18.7. The Morgan fingerprint density at radius 3 is 1.28 bits per heavy atom. The standard InChI is InChI=1S/C6H7.C5H10.3CO.W/c1-3-5-6-4-2;1-2-4-5-3-1;3*1-2;/h3,5H,1H2,2H3;1-5H2;;;;/q-1;;;;;+2/b5-3+;;;;;. The first-order valence-electron chi connectivity index (χ1n) is 4.89. The molecule has 0 aromatic heterocycles. The fourth-order valence-electron chi connectivity index (χ4n) is 1.03. The van der Waals surface area contributed by atoms with Gasteiger partial charge in [0, 0.05) is 0 Å². The van der Waals surface area contributed by atoms with Gasteiger partial charge in [-0.05, 0) is 6.92 Å². The van der Waals surface area contributed by atoms with E-state index in [1.54, 1.807) is 19.1 Å². The maximum Gasteiger partial charge on any atom is 2.00 e. The first kappa shape index (κ1) is 30.3. The van der Waals surface area contributed by atoms with Crippen LogP contribution in [0, 0.1) is 38.7 Å². The van der Waals surface area contributed by atoms with Gasteiger partial charge in [0.1, 0.15) is 0 Å². The maximum atomic E-state index is 7.50. The third-order valence-electron chi connectivity index (χ3n) is 1.60. The first-order chi connectivity index (χ1) is 8.41. The second-order valence-corrected chi connectivity index (χ2v) is 2.56. The molecule has 0 spiro atoms. The van der Waals surface area contributed by atoms with E-state index in [9.17, 15) is 0 Å². The van der Waals surface area contributed by atoms with Crippen LogP contribution in [0.5, 0.6) is 0 Å². The molecular weight excluding hydrogens is 400 g/mol. The molecule has 1 rings (SSSR count). The summed E-state index contributed by atoms with van der Waals surface area (Å²) < 4.78 is 22.5. The van der Waals surface area contributed by atoms with Crippen LogP contribution in [0.4, 0.5) is 0 Å². The minimum absolute atomic E-state index is 0. The van der Waals surface area contributed by atoms with Crippen LogP contribution in [0.15, 0.2) is 12.2 Å². The van der Waals surface area contributed by atoms with Gasteiger partial charge in [0.05, 0.1) is 0 Å². The summed E-state index contributed by atoms with van der Waals surface area (Å²) >= 11 is 0. The Kier molecular flexibility index (Phi) is 94.2. The normalized spacial score (nSPS) is 9.50. The zero-order valence-electron chi connectivity index (χ0n) is 10.5. The fraction of sp³-hybridized carbons (Fsp3) is 0.429. The van der Waals surface area contributed by atoms with Crippen LogP contribution < -0.4 is 0 Å². The van der Waals surface area contributed by atoms with Crippen LogP contribution in [0.3, 0.4) is 0 Å². The molecule has 0 aromatic rings. The Morgan fingerprint density at radius 2 is 1.17 bits per heavy atom. The molecule has 1 saturated carbocycles. The van der Waals surface area contributed by atoms with E-state index in [4.69, 9.17) is 14.0 Å². The second-order valence-electron chi connectivity index (χ2n) is 2.56. The van der Waals surface area contributed by atoms with Crippen LogP contribution in [0.25, 0.3) is 0 Å². The number of rotatable bonds is 0. The van der Waals surface area contributed by atoms with Crippen molar-refractivity contribution in [1.82, 2.24) is 0 Å². The molecule has 0 atom stereocenters. The van der Waals surface area contributed by atoms with Crippen molar-refractivity contribution < 1.29 is 35.0 Å². The Hall–Kier alpha value is -0.922. The van der Waals surface area contributed by atoms with Gasteiger partial charge < -0.3 is 0 Å². The molecule has 96 valence electrons. The third-order valence-corrected chi connectivity index (χ3v) is 1.60. The molecule has 1 aliphatic rings. The molecular formula is C14H17O3W+. The van der Waals surface area contributed by atoms with Crippen molar-refractivity contribution in [3.8, 4) is 11.8 Å². The van der Waals surface area contributed by atoms with E-state index in [1.807, 2.05) is 0 Å². The van der Waals surface area contributed by atoms with Crippen LogP contribution in [0.2, 0.25) is 0 Å². The first-order valence-corrected chi connectivity index (χ1v) is 4.89. The molecule has 0 saturated heterocycles. The second kappa shape index (κ2) is 56.0. The predicted molar refractivity (Wildman–Crippen MR) is 62.8 cm³/mol. The van der Waals surface area contributed by atoms with Gasteiger partial charge in [-0.1, -0.05) is 32.1 Å². The summed E-state index contributed by atoms with van der Waals surface area (Å²) in [7, 11) is 0. The van der Waals surface area contributed by atoms with Crippen LogP contribution >= 0.6 is 0 Å². The summed E-state index contributed by atoms with van der Waals surface area (Å²) in [6.07, 6.45) is 10.9. The molecule has 0 radical (unpaired) electrons. The molecule has 0 aliphatic heterocycles. The number of allylic oxidation sites excluding steroid dienone is 2. The fourth-order valence-corrected chi connectivity index (χ4v) is 1.03. The largest absolute Gasteiger partial charge is 2.00 e. The van der Waals surface area contributed by atoms with Gasteiger partial charge in [0.25, 0.3) is 0 Å². The molecule has 0 unspecified atom stereocenters. The van der Waals surface area contributed by atoms with E-state index in [0.717, 1.165) is 0 Å². The van der Waals surface area contributed by atoms with E-state index in [2.05, 4.69) is 38.7 Å². The SMILES string of the molecule is C1CCCC1.[C-]#[O+].[C-]#[O+].[C-]#[O+].[CH2-]/C=C/C#CC.[W+2]. The number of hydrogen-bond donors (Lipinski definition) is 0. The van der Waals surface area contributed by atoms with Crippen molar-refractivity contribution in [3.63, 3.8) is 0 Å². The van der Waals surface area contributed by atoms with Gasteiger partial charge in [-0.3, -0.25) is 0 Å². The number of hydrogen-bond acceptors (Lipinski definition) is 0. The van der Waals surface area contributed by atoms with E-state index in [1.165, 1.54) is 32.1 Å². The van der Waals surface area contributed by atoms with Gasteiger partial charge in [-0.25, -0.2) is 13.0 Å². The van der Waals surface area contributed by atoms with Gasteiger partial charge in [-0.2, -0.15) is 12.0 Å². The molecule has 0 N–H and O–H groups in total. The quantitative estimate of drug-likeness (QED) is 0.330. The van der Waals surface area contributed by atoms with Crippen LogP contribution in [-0.2, 0) is 35.0 Å². The topological polar surface area (TPSA) is 59.7 Å². The van der Waals surface area contributed by atoms with Crippen molar-refractivity contribution in [2.24, 2.45) is 0 Å². The molecule has 0 aromatic carbocycles. The van der Waals surface area contributed by atoms with E-state index < -0.39 is 0 Å². The predicted octanol–water partition coefficient (Wildman–Crippen LogP) is 3.24. The van der Waals surface area contributed by atoms with Crippen molar-refractivity contribution in [2.45, 2.75) is 39.0 Å². The van der Waals surface area contributed by atoms with Gasteiger partial charge >= 0.3 is 55.0 Å². The average molecular weight is 417 g/mol. The van der Waals surface area contributed by atoms with Crippen LogP contribution in [0.1, 0.15) is 39.0 Å². The van der Waals surface area contributed by atoms with Crippen LogP contribution in [-0.4, -0.2) is 0 Å². The van der Waals surface area contributed by atoms with Gasteiger partial charge in [-0.15, -0.1) is 5.92 Å². The zero-order chi connectivity index (χ0) is 14.4. The van der Waals surface area contributed by atoms with Crippen molar-refractivity contribution in [3.05, 3.63) is 39.0 Å². The monoisotopic (exact) mass is 417 g/mol. The zero-order valence-corrected chi connectivity index (χ0v) is 13.5. The summed E-state index contributed by atoms with van der Waals surface area (Å²) in [4.78, 5) is 0. The summed E-state index contributed by atoms with van der Waals surface area (Å²) in [6, 6.07) is 0. The van der Waals surface area contributed by atoms with E-state index in [-0.39, 0.29) is 21.1 Å². The minimum atomic E-state index is 0. The molecule has 1 aliphatic carbocycles. The van der Waals surface area contributed by atoms with Crippen molar-refractivity contribution in [2.75, 3.05) is 0 Å².